The van der Waals surface area contributed by atoms with Crippen LogP contribution in [0, 0.1) is 11.8 Å². The maximum atomic E-state index is 13.9. The van der Waals surface area contributed by atoms with Gasteiger partial charge in [-0.05, 0) is 42.3 Å². The zero-order valence-electron chi connectivity index (χ0n) is 18.5. The van der Waals surface area contributed by atoms with Crippen LogP contribution in [0.15, 0.2) is 84.9 Å². The molecule has 7 heteroatoms. The average molecular weight is 456 g/mol. The van der Waals surface area contributed by atoms with E-state index >= 15 is 0 Å². The van der Waals surface area contributed by atoms with Crippen LogP contribution in [0.5, 0.6) is 5.75 Å². The molecule has 4 atom stereocenters. The number of benzene rings is 3. The highest BCUT2D eigenvalue weighted by molar-refractivity contribution is 6.24. The molecule has 0 aliphatic carbocycles. The number of aromatic hydroxyl groups is 1. The SMILES string of the molecule is CCOC(=O)[C@]1(c2ccccc2)N[C@@H](c2ccc(O)cc2)[C@H]2C(=O)N(c3ccccc3)C(=O)[C@@H]21. The Kier molecular flexibility index (Phi) is 5.42. The second-order valence-electron chi connectivity index (χ2n) is 8.46. The van der Waals surface area contributed by atoms with Gasteiger partial charge in [-0.15, -0.1) is 0 Å². The number of nitrogens with one attached hydrogen (secondary N) is 1. The highest BCUT2D eigenvalue weighted by atomic mass is 16.5. The van der Waals surface area contributed by atoms with Gasteiger partial charge in [-0.1, -0.05) is 60.7 Å². The molecule has 0 unspecified atom stereocenters. The number of phenols is 1. The molecule has 172 valence electrons. The lowest BCUT2D eigenvalue weighted by Crippen LogP contribution is -2.54. The number of ether oxygens (including phenoxy) is 1. The molecule has 2 aliphatic heterocycles. The molecule has 0 radical (unpaired) electrons. The lowest BCUT2D eigenvalue weighted by atomic mass is 9.75. The van der Waals surface area contributed by atoms with Crippen molar-refractivity contribution >= 4 is 23.5 Å². The Balaban J connectivity index is 1.72. The van der Waals surface area contributed by atoms with Crippen molar-refractivity contribution in [2.75, 3.05) is 11.5 Å². The molecule has 2 saturated heterocycles. The van der Waals surface area contributed by atoms with Crippen LogP contribution >= 0.6 is 0 Å². The number of hydrogen-bond donors (Lipinski definition) is 2. The summed E-state index contributed by atoms with van der Waals surface area (Å²) in [7, 11) is 0. The van der Waals surface area contributed by atoms with Crippen LogP contribution in [0.3, 0.4) is 0 Å². The number of nitrogens with zero attached hydrogens (tertiary/aromatic N) is 1. The van der Waals surface area contributed by atoms with Crippen molar-refractivity contribution in [3.05, 3.63) is 96.1 Å². The fraction of sp³-hybridized carbons (Fsp3) is 0.222. The maximum absolute atomic E-state index is 13.9. The number of fused-ring (bicyclic) bond motifs is 1. The zero-order chi connectivity index (χ0) is 23.9. The van der Waals surface area contributed by atoms with E-state index in [1.165, 1.54) is 17.0 Å². The van der Waals surface area contributed by atoms with Gasteiger partial charge in [0.05, 0.1) is 24.1 Å². The number of imide groups is 1. The van der Waals surface area contributed by atoms with Crippen LogP contribution in [0.4, 0.5) is 5.69 Å². The first-order valence-electron chi connectivity index (χ1n) is 11.2. The van der Waals surface area contributed by atoms with Crippen LogP contribution in [0.1, 0.15) is 24.1 Å². The topological polar surface area (TPSA) is 95.9 Å². The maximum Gasteiger partial charge on any atom is 0.331 e. The van der Waals surface area contributed by atoms with Gasteiger partial charge in [0.2, 0.25) is 11.8 Å². The van der Waals surface area contributed by atoms with E-state index in [0.717, 1.165) is 0 Å². The van der Waals surface area contributed by atoms with Gasteiger partial charge in [-0.3, -0.25) is 14.9 Å². The van der Waals surface area contributed by atoms with Crippen molar-refractivity contribution in [2.45, 2.75) is 18.5 Å². The van der Waals surface area contributed by atoms with E-state index in [1.54, 1.807) is 67.6 Å². The van der Waals surface area contributed by atoms with Crippen LogP contribution in [-0.2, 0) is 24.7 Å². The molecule has 5 rings (SSSR count). The highest BCUT2D eigenvalue weighted by Gasteiger charge is 2.69. The molecule has 0 spiro atoms. The van der Waals surface area contributed by atoms with Crippen LogP contribution in [0.2, 0.25) is 0 Å². The van der Waals surface area contributed by atoms with Crippen molar-refractivity contribution in [2.24, 2.45) is 11.8 Å². The lowest BCUT2D eigenvalue weighted by Gasteiger charge is -2.33. The van der Waals surface area contributed by atoms with E-state index in [-0.39, 0.29) is 18.3 Å². The first-order valence-corrected chi connectivity index (χ1v) is 11.2. The Bertz CT molecular complexity index is 1230. The average Bonchev–Trinajstić information content (AvgIpc) is 3.35. The van der Waals surface area contributed by atoms with Gasteiger partial charge in [0, 0.05) is 6.04 Å². The minimum Gasteiger partial charge on any atom is -0.508 e. The lowest BCUT2D eigenvalue weighted by molar-refractivity contribution is -0.155. The standard InChI is InChI=1S/C27H24N2O5/c1-2-34-26(33)27(18-9-5-3-6-10-18)22-21(23(28-27)17-13-15-20(30)16-14-17)24(31)29(25(22)32)19-11-7-4-8-12-19/h3-16,21-23,28,30H,2H2,1H3/t21-,22+,23-,27+/m0/s1. The van der Waals surface area contributed by atoms with Crippen LogP contribution < -0.4 is 10.2 Å². The minimum absolute atomic E-state index is 0.0812. The van der Waals surface area contributed by atoms with E-state index in [2.05, 4.69) is 5.32 Å². The van der Waals surface area contributed by atoms with E-state index in [9.17, 15) is 19.5 Å². The Labute approximate surface area is 197 Å². The summed E-state index contributed by atoms with van der Waals surface area (Å²) in [6.45, 7) is 1.83. The summed E-state index contributed by atoms with van der Waals surface area (Å²) >= 11 is 0. The highest BCUT2D eigenvalue weighted by Crippen LogP contribution is 2.54. The number of hydrogen-bond acceptors (Lipinski definition) is 6. The minimum atomic E-state index is -1.55. The number of esters is 1. The molecule has 34 heavy (non-hydrogen) atoms. The van der Waals surface area contributed by atoms with Gasteiger partial charge in [0.1, 0.15) is 5.75 Å². The Morgan fingerprint density at radius 1 is 0.941 bits per heavy atom. The number of anilines is 1. The van der Waals surface area contributed by atoms with Crippen molar-refractivity contribution in [3.63, 3.8) is 0 Å². The van der Waals surface area contributed by atoms with Crippen molar-refractivity contribution in [1.82, 2.24) is 5.32 Å². The molecule has 0 aromatic heterocycles. The Morgan fingerprint density at radius 3 is 2.18 bits per heavy atom. The quantitative estimate of drug-likeness (QED) is 0.452. The van der Waals surface area contributed by atoms with Gasteiger partial charge in [-0.2, -0.15) is 0 Å². The summed E-state index contributed by atoms with van der Waals surface area (Å²) < 4.78 is 5.50. The molecular formula is C27H24N2O5. The van der Waals surface area contributed by atoms with E-state index in [4.69, 9.17) is 4.74 Å². The fourth-order valence-corrected chi connectivity index (χ4v) is 5.22. The summed E-state index contributed by atoms with van der Waals surface area (Å²) in [6.07, 6.45) is 0. The molecule has 2 N–H and O–H groups in total. The zero-order valence-corrected chi connectivity index (χ0v) is 18.5. The van der Waals surface area contributed by atoms with Gasteiger partial charge in [0.15, 0.2) is 5.54 Å². The number of amides is 2. The second kappa shape index (κ2) is 8.43. The third-order valence-corrected chi connectivity index (χ3v) is 6.65. The molecule has 3 aromatic carbocycles. The third kappa shape index (κ3) is 3.20. The summed E-state index contributed by atoms with van der Waals surface area (Å²) in [6, 6.07) is 23.4. The Hall–Kier alpha value is -3.97. The largest absolute Gasteiger partial charge is 0.508 e. The normalized spacial score (nSPS) is 25.9. The van der Waals surface area contributed by atoms with Crippen LogP contribution in [-0.4, -0.2) is 29.5 Å². The van der Waals surface area contributed by atoms with Crippen LogP contribution in [0.25, 0.3) is 0 Å². The monoisotopic (exact) mass is 456 g/mol. The number of para-hydroxylation sites is 1. The predicted molar refractivity (Wildman–Crippen MR) is 125 cm³/mol. The van der Waals surface area contributed by atoms with E-state index in [0.29, 0.717) is 16.8 Å². The number of carbonyl (C=O) groups excluding carboxylic acids is 3. The third-order valence-electron chi connectivity index (χ3n) is 6.65. The van der Waals surface area contributed by atoms with Gasteiger partial charge in [-0.25, -0.2) is 9.69 Å². The number of carbonyl (C=O) groups is 3. The first kappa shape index (κ1) is 21.9. The van der Waals surface area contributed by atoms with E-state index < -0.39 is 35.3 Å². The van der Waals surface area contributed by atoms with Crippen molar-refractivity contribution in [3.8, 4) is 5.75 Å². The molecule has 0 saturated carbocycles. The summed E-state index contributed by atoms with van der Waals surface area (Å²) in [5.41, 5.74) is 0.148. The molecule has 2 fully saturated rings. The molecule has 0 bridgehead atoms. The van der Waals surface area contributed by atoms with Gasteiger partial charge in [0.25, 0.3) is 0 Å². The number of rotatable bonds is 5. The van der Waals surface area contributed by atoms with Crippen molar-refractivity contribution in [1.29, 1.82) is 0 Å². The first-order chi connectivity index (χ1) is 16.5. The van der Waals surface area contributed by atoms with E-state index in [1.807, 2.05) is 12.1 Å². The summed E-state index contributed by atoms with van der Waals surface area (Å²) in [4.78, 5) is 42.6. The second-order valence-corrected chi connectivity index (χ2v) is 8.46. The Morgan fingerprint density at radius 2 is 1.56 bits per heavy atom. The predicted octanol–water partition coefficient (Wildman–Crippen LogP) is 3.30. The van der Waals surface area contributed by atoms with Gasteiger partial charge < -0.3 is 9.84 Å². The fourth-order valence-electron chi connectivity index (χ4n) is 5.22. The number of phenolic OH excluding ortho intramolecular Hbond substituents is 1. The van der Waals surface area contributed by atoms with Crippen molar-refractivity contribution < 1.29 is 24.2 Å². The van der Waals surface area contributed by atoms with Gasteiger partial charge >= 0.3 is 5.97 Å². The molecular weight excluding hydrogens is 432 g/mol. The molecule has 2 heterocycles. The summed E-state index contributed by atoms with van der Waals surface area (Å²) in [5, 5.41) is 13.1. The smallest absolute Gasteiger partial charge is 0.331 e. The molecule has 2 amide bonds. The summed E-state index contributed by atoms with van der Waals surface area (Å²) in [5.74, 6) is -3.21. The molecule has 7 nitrogen and oxygen atoms in total. The molecule has 2 aliphatic rings. The molecule has 3 aromatic rings.